The normalized spacial score (nSPS) is 15.7. The number of para-hydroxylation sites is 1. The number of nitrogens with zero attached hydrogens (tertiary/aromatic N) is 2. The van der Waals surface area contributed by atoms with Crippen LogP contribution in [-0.4, -0.2) is 50.2 Å². The van der Waals surface area contributed by atoms with E-state index in [1.165, 1.54) is 11.3 Å². The van der Waals surface area contributed by atoms with Gasteiger partial charge < -0.3 is 14.5 Å². The number of anilines is 1. The first kappa shape index (κ1) is 13.9. The molecule has 1 aromatic rings. The minimum absolute atomic E-state index is 0.103. The summed E-state index contributed by atoms with van der Waals surface area (Å²) in [6.07, 6.45) is 0. The van der Waals surface area contributed by atoms with E-state index in [4.69, 9.17) is 4.74 Å². The highest BCUT2D eigenvalue weighted by atomic mass is 16.5. The van der Waals surface area contributed by atoms with Crippen LogP contribution in [0.5, 0.6) is 0 Å². The number of piperazine rings is 1. The Morgan fingerprint density at radius 2 is 1.89 bits per heavy atom. The van der Waals surface area contributed by atoms with Crippen molar-refractivity contribution in [2.75, 3.05) is 44.3 Å². The SMILES string of the molecule is CCOCC(=O)N1CCN(c2ccccc2C)CC1. The summed E-state index contributed by atoms with van der Waals surface area (Å²) >= 11 is 0. The van der Waals surface area contributed by atoms with Crippen LogP contribution >= 0.6 is 0 Å². The first-order chi connectivity index (χ1) is 9.22. The summed E-state index contributed by atoms with van der Waals surface area (Å²) in [6.45, 7) is 8.17. The van der Waals surface area contributed by atoms with Gasteiger partial charge in [0.2, 0.25) is 5.91 Å². The van der Waals surface area contributed by atoms with E-state index in [9.17, 15) is 4.79 Å². The zero-order valence-corrected chi connectivity index (χ0v) is 11.8. The molecule has 1 saturated heterocycles. The van der Waals surface area contributed by atoms with Gasteiger partial charge in [-0.15, -0.1) is 0 Å². The largest absolute Gasteiger partial charge is 0.372 e. The van der Waals surface area contributed by atoms with E-state index in [1.54, 1.807) is 0 Å². The van der Waals surface area contributed by atoms with Crippen molar-refractivity contribution in [1.29, 1.82) is 0 Å². The Hall–Kier alpha value is -1.55. The van der Waals surface area contributed by atoms with Crippen LogP contribution in [0, 0.1) is 6.92 Å². The molecule has 0 N–H and O–H groups in total. The maximum absolute atomic E-state index is 11.8. The number of carbonyl (C=O) groups is 1. The van der Waals surface area contributed by atoms with Crippen LogP contribution in [0.4, 0.5) is 5.69 Å². The Bertz CT molecular complexity index is 426. The fourth-order valence-electron chi connectivity index (χ4n) is 2.40. The molecule has 0 aromatic heterocycles. The Balaban J connectivity index is 1.89. The predicted octanol–water partition coefficient (Wildman–Crippen LogP) is 1.68. The molecule has 19 heavy (non-hydrogen) atoms. The van der Waals surface area contributed by atoms with Crippen molar-refractivity contribution in [1.82, 2.24) is 4.90 Å². The van der Waals surface area contributed by atoms with Crippen molar-refractivity contribution >= 4 is 11.6 Å². The summed E-state index contributed by atoms with van der Waals surface area (Å²) in [7, 11) is 0. The van der Waals surface area contributed by atoms with Gasteiger partial charge in [0, 0.05) is 38.5 Å². The number of rotatable bonds is 4. The summed E-state index contributed by atoms with van der Waals surface area (Å²) in [6, 6.07) is 8.39. The van der Waals surface area contributed by atoms with E-state index in [1.807, 2.05) is 11.8 Å². The molecular weight excluding hydrogens is 240 g/mol. The molecule has 1 fully saturated rings. The van der Waals surface area contributed by atoms with Gasteiger partial charge in [-0.05, 0) is 25.5 Å². The van der Waals surface area contributed by atoms with E-state index in [-0.39, 0.29) is 12.5 Å². The zero-order chi connectivity index (χ0) is 13.7. The number of hydrogen-bond acceptors (Lipinski definition) is 3. The van der Waals surface area contributed by atoms with Crippen LogP contribution in [-0.2, 0) is 9.53 Å². The van der Waals surface area contributed by atoms with Crippen LogP contribution < -0.4 is 4.90 Å². The van der Waals surface area contributed by atoms with Crippen LogP contribution in [0.15, 0.2) is 24.3 Å². The number of hydrogen-bond donors (Lipinski definition) is 0. The first-order valence-electron chi connectivity index (χ1n) is 6.88. The average Bonchev–Trinajstić information content (AvgIpc) is 2.45. The van der Waals surface area contributed by atoms with Crippen molar-refractivity contribution in [2.45, 2.75) is 13.8 Å². The number of aryl methyl sites for hydroxylation is 1. The van der Waals surface area contributed by atoms with Gasteiger partial charge in [0.05, 0.1) is 0 Å². The third-order valence-corrected chi connectivity index (χ3v) is 3.52. The highest BCUT2D eigenvalue weighted by Crippen LogP contribution is 2.20. The van der Waals surface area contributed by atoms with Crippen molar-refractivity contribution in [3.8, 4) is 0 Å². The topological polar surface area (TPSA) is 32.8 Å². The lowest BCUT2D eigenvalue weighted by atomic mass is 10.1. The lowest BCUT2D eigenvalue weighted by Crippen LogP contribution is -2.50. The standard InChI is InChI=1S/C15H22N2O2/c1-3-19-12-15(18)17-10-8-16(9-11-17)14-7-5-4-6-13(14)2/h4-7H,3,8-12H2,1-2H3. The van der Waals surface area contributed by atoms with E-state index >= 15 is 0 Å². The lowest BCUT2D eigenvalue weighted by Gasteiger charge is -2.36. The highest BCUT2D eigenvalue weighted by Gasteiger charge is 2.21. The average molecular weight is 262 g/mol. The van der Waals surface area contributed by atoms with Gasteiger partial charge in [0.1, 0.15) is 6.61 Å². The highest BCUT2D eigenvalue weighted by molar-refractivity contribution is 5.77. The second kappa shape index (κ2) is 6.57. The molecule has 0 atom stereocenters. The lowest BCUT2D eigenvalue weighted by molar-refractivity contribution is -0.136. The van der Waals surface area contributed by atoms with Gasteiger partial charge in [-0.3, -0.25) is 4.79 Å². The molecule has 0 bridgehead atoms. The van der Waals surface area contributed by atoms with E-state index < -0.39 is 0 Å². The molecule has 0 spiro atoms. The second-order valence-electron chi connectivity index (χ2n) is 4.79. The number of benzene rings is 1. The summed E-state index contributed by atoms with van der Waals surface area (Å²) in [5, 5.41) is 0. The molecule has 1 heterocycles. The van der Waals surface area contributed by atoms with Crippen LogP contribution in [0.3, 0.4) is 0 Å². The predicted molar refractivity (Wildman–Crippen MR) is 76.5 cm³/mol. The molecule has 0 radical (unpaired) electrons. The number of amides is 1. The monoisotopic (exact) mass is 262 g/mol. The third kappa shape index (κ3) is 3.47. The molecule has 1 aliphatic rings. The molecule has 4 heteroatoms. The quantitative estimate of drug-likeness (QED) is 0.827. The van der Waals surface area contributed by atoms with Crippen LogP contribution in [0.2, 0.25) is 0 Å². The zero-order valence-electron chi connectivity index (χ0n) is 11.8. The van der Waals surface area contributed by atoms with Gasteiger partial charge in [0.25, 0.3) is 0 Å². The van der Waals surface area contributed by atoms with Crippen molar-refractivity contribution in [2.24, 2.45) is 0 Å². The van der Waals surface area contributed by atoms with Gasteiger partial charge in [0.15, 0.2) is 0 Å². The number of carbonyl (C=O) groups excluding carboxylic acids is 1. The van der Waals surface area contributed by atoms with Crippen molar-refractivity contribution in [3.05, 3.63) is 29.8 Å². The Labute approximate surface area is 115 Å². The molecule has 4 nitrogen and oxygen atoms in total. The Kier molecular flexibility index (Phi) is 4.80. The minimum atomic E-state index is 0.103. The van der Waals surface area contributed by atoms with Crippen molar-refractivity contribution in [3.63, 3.8) is 0 Å². The third-order valence-electron chi connectivity index (χ3n) is 3.52. The van der Waals surface area contributed by atoms with Crippen LogP contribution in [0.1, 0.15) is 12.5 Å². The molecular formula is C15H22N2O2. The van der Waals surface area contributed by atoms with E-state index in [0.29, 0.717) is 6.61 Å². The Morgan fingerprint density at radius 1 is 1.21 bits per heavy atom. The van der Waals surface area contributed by atoms with Crippen LogP contribution in [0.25, 0.3) is 0 Å². The smallest absolute Gasteiger partial charge is 0.248 e. The molecule has 2 rings (SSSR count). The summed E-state index contributed by atoms with van der Waals surface area (Å²) in [4.78, 5) is 16.1. The molecule has 0 unspecified atom stereocenters. The number of ether oxygens (including phenoxy) is 1. The maximum atomic E-state index is 11.8. The summed E-state index contributed by atoms with van der Waals surface area (Å²) in [5.41, 5.74) is 2.57. The summed E-state index contributed by atoms with van der Waals surface area (Å²) in [5.74, 6) is 0.103. The molecule has 1 aromatic carbocycles. The summed E-state index contributed by atoms with van der Waals surface area (Å²) < 4.78 is 5.17. The fraction of sp³-hybridized carbons (Fsp3) is 0.533. The maximum Gasteiger partial charge on any atom is 0.248 e. The van der Waals surface area contributed by atoms with Gasteiger partial charge in [-0.1, -0.05) is 18.2 Å². The first-order valence-corrected chi connectivity index (χ1v) is 6.88. The van der Waals surface area contributed by atoms with E-state index in [2.05, 4.69) is 36.1 Å². The molecule has 104 valence electrons. The van der Waals surface area contributed by atoms with Crippen molar-refractivity contribution < 1.29 is 9.53 Å². The molecule has 0 aliphatic carbocycles. The minimum Gasteiger partial charge on any atom is -0.372 e. The molecule has 1 aliphatic heterocycles. The van der Waals surface area contributed by atoms with Gasteiger partial charge in [-0.25, -0.2) is 0 Å². The Morgan fingerprint density at radius 3 is 2.53 bits per heavy atom. The van der Waals surface area contributed by atoms with Gasteiger partial charge in [-0.2, -0.15) is 0 Å². The fourth-order valence-corrected chi connectivity index (χ4v) is 2.40. The molecule has 0 saturated carbocycles. The van der Waals surface area contributed by atoms with E-state index in [0.717, 1.165) is 26.2 Å². The second-order valence-corrected chi connectivity index (χ2v) is 4.79. The molecule has 1 amide bonds. The van der Waals surface area contributed by atoms with Gasteiger partial charge >= 0.3 is 0 Å².